The lowest BCUT2D eigenvalue weighted by atomic mass is 9.90. The fourth-order valence-corrected chi connectivity index (χ4v) is 3.83. The predicted molar refractivity (Wildman–Crippen MR) is 98.9 cm³/mol. The molecule has 0 unspecified atom stereocenters. The van der Waals surface area contributed by atoms with Crippen LogP contribution in [0.25, 0.3) is 0 Å². The number of fused-ring (bicyclic) bond motifs is 1. The van der Waals surface area contributed by atoms with Crippen LogP contribution in [0.4, 0.5) is 11.4 Å². The predicted octanol–water partition coefficient (Wildman–Crippen LogP) is 4.42. The van der Waals surface area contributed by atoms with E-state index in [4.69, 9.17) is 0 Å². The molecular formula is C21H24N2O. The van der Waals surface area contributed by atoms with E-state index < -0.39 is 0 Å². The van der Waals surface area contributed by atoms with Gasteiger partial charge in [-0.1, -0.05) is 12.1 Å². The van der Waals surface area contributed by atoms with Crippen LogP contribution in [0.15, 0.2) is 42.5 Å². The van der Waals surface area contributed by atoms with Crippen molar-refractivity contribution in [2.24, 2.45) is 0 Å². The first-order valence-electron chi connectivity index (χ1n) is 9.08. The SMILES string of the molecule is O=C(Nc1cccc(N2CCCC2)c1)c1ccc2c(c1)CCCC2. The Balaban J connectivity index is 1.50. The van der Waals surface area contributed by atoms with Crippen molar-refractivity contribution >= 4 is 17.3 Å². The number of anilines is 2. The maximum Gasteiger partial charge on any atom is 0.255 e. The summed E-state index contributed by atoms with van der Waals surface area (Å²) in [6.45, 7) is 2.23. The number of amides is 1. The molecule has 24 heavy (non-hydrogen) atoms. The van der Waals surface area contributed by atoms with Crippen LogP contribution in [0.3, 0.4) is 0 Å². The second-order valence-corrected chi connectivity index (χ2v) is 6.89. The van der Waals surface area contributed by atoms with Gasteiger partial charge in [0.2, 0.25) is 0 Å². The zero-order valence-electron chi connectivity index (χ0n) is 14.1. The van der Waals surface area contributed by atoms with E-state index in [0.29, 0.717) is 0 Å². The van der Waals surface area contributed by atoms with Crippen LogP contribution >= 0.6 is 0 Å². The van der Waals surface area contributed by atoms with Crippen LogP contribution in [0, 0.1) is 0 Å². The quantitative estimate of drug-likeness (QED) is 0.908. The zero-order valence-corrected chi connectivity index (χ0v) is 14.1. The zero-order chi connectivity index (χ0) is 16.4. The van der Waals surface area contributed by atoms with Gasteiger partial charge in [-0.3, -0.25) is 4.79 Å². The fraction of sp³-hybridized carbons (Fsp3) is 0.381. The van der Waals surface area contributed by atoms with Crippen LogP contribution in [0.2, 0.25) is 0 Å². The van der Waals surface area contributed by atoms with E-state index in [0.717, 1.165) is 37.2 Å². The number of carbonyl (C=O) groups excluding carboxylic acids is 1. The van der Waals surface area contributed by atoms with Crippen LogP contribution in [0.5, 0.6) is 0 Å². The largest absolute Gasteiger partial charge is 0.371 e. The molecule has 1 amide bonds. The lowest BCUT2D eigenvalue weighted by Crippen LogP contribution is -2.18. The smallest absolute Gasteiger partial charge is 0.255 e. The lowest BCUT2D eigenvalue weighted by molar-refractivity contribution is 0.102. The molecule has 1 N–H and O–H groups in total. The summed E-state index contributed by atoms with van der Waals surface area (Å²) in [5.74, 6) is -0.0121. The van der Waals surface area contributed by atoms with Gasteiger partial charge in [-0.15, -0.1) is 0 Å². The molecule has 0 radical (unpaired) electrons. The summed E-state index contributed by atoms with van der Waals surface area (Å²) in [5.41, 5.74) is 5.61. The minimum absolute atomic E-state index is 0.0121. The Hall–Kier alpha value is -2.29. The Kier molecular flexibility index (Phi) is 4.24. The number of nitrogens with zero attached hydrogens (tertiary/aromatic N) is 1. The van der Waals surface area contributed by atoms with Gasteiger partial charge in [-0.05, 0) is 80.0 Å². The molecular weight excluding hydrogens is 296 g/mol. The van der Waals surface area contributed by atoms with Gasteiger partial charge in [0.15, 0.2) is 0 Å². The van der Waals surface area contributed by atoms with Gasteiger partial charge >= 0.3 is 0 Å². The molecule has 4 rings (SSSR count). The van der Waals surface area contributed by atoms with Crippen molar-refractivity contribution in [1.29, 1.82) is 0 Å². The lowest BCUT2D eigenvalue weighted by Gasteiger charge is -2.19. The van der Waals surface area contributed by atoms with Gasteiger partial charge in [-0.25, -0.2) is 0 Å². The standard InChI is InChI=1S/C21H24N2O/c24-21(18-11-10-16-6-1-2-7-17(16)14-18)22-19-8-5-9-20(15-19)23-12-3-4-13-23/h5,8-11,14-15H,1-4,6-7,12-13H2,(H,22,24). The second-order valence-electron chi connectivity index (χ2n) is 6.89. The Morgan fingerprint density at radius 1 is 0.875 bits per heavy atom. The Labute approximate surface area is 143 Å². The number of benzene rings is 2. The van der Waals surface area contributed by atoms with Crippen LogP contribution in [-0.4, -0.2) is 19.0 Å². The highest BCUT2D eigenvalue weighted by Gasteiger charge is 2.15. The van der Waals surface area contributed by atoms with E-state index in [1.165, 1.54) is 42.5 Å². The minimum atomic E-state index is -0.0121. The summed E-state index contributed by atoms with van der Waals surface area (Å²) in [6, 6.07) is 14.4. The highest BCUT2D eigenvalue weighted by molar-refractivity contribution is 6.04. The van der Waals surface area contributed by atoms with E-state index in [-0.39, 0.29) is 5.91 Å². The average Bonchev–Trinajstić information content (AvgIpc) is 3.16. The van der Waals surface area contributed by atoms with Gasteiger partial charge < -0.3 is 10.2 Å². The molecule has 3 heteroatoms. The highest BCUT2D eigenvalue weighted by atomic mass is 16.1. The van der Waals surface area contributed by atoms with E-state index in [1.54, 1.807) is 0 Å². The van der Waals surface area contributed by atoms with E-state index in [1.807, 2.05) is 18.2 Å². The average molecular weight is 320 g/mol. The van der Waals surface area contributed by atoms with Crippen LogP contribution < -0.4 is 10.2 Å². The van der Waals surface area contributed by atoms with E-state index in [9.17, 15) is 4.79 Å². The van der Waals surface area contributed by atoms with E-state index >= 15 is 0 Å². The molecule has 124 valence electrons. The molecule has 2 aromatic rings. The Morgan fingerprint density at radius 2 is 1.67 bits per heavy atom. The van der Waals surface area contributed by atoms with Crippen molar-refractivity contribution in [1.82, 2.24) is 0 Å². The summed E-state index contributed by atoms with van der Waals surface area (Å²) in [5, 5.41) is 3.06. The third kappa shape index (κ3) is 3.16. The summed E-state index contributed by atoms with van der Waals surface area (Å²) < 4.78 is 0. The second kappa shape index (κ2) is 6.68. The van der Waals surface area contributed by atoms with Gasteiger partial charge in [0.25, 0.3) is 5.91 Å². The highest BCUT2D eigenvalue weighted by Crippen LogP contribution is 2.25. The molecule has 0 bridgehead atoms. The number of aryl methyl sites for hydroxylation is 2. The summed E-state index contributed by atoms with van der Waals surface area (Å²) in [4.78, 5) is 15.0. The number of hydrogen-bond donors (Lipinski definition) is 1. The molecule has 3 nitrogen and oxygen atoms in total. The third-order valence-electron chi connectivity index (χ3n) is 5.19. The molecule has 0 spiro atoms. The molecule has 1 aliphatic heterocycles. The molecule has 0 saturated carbocycles. The van der Waals surface area contributed by atoms with Crippen molar-refractivity contribution in [2.45, 2.75) is 38.5 Å². The maximum absolute atomic E-state index is 12.6. The number of rotatable bonds is 3. The van der Waals surface area contributed by atoms with Gasteiger partial charge in [-0.2, -0.15) is 0 Å². The monoisotopic (exact) mass is 320 g/mol. The van der Waals surface area contributed by atoms with Crippen LogP contribution in [-0.2, 0) is 12.8 Å². The first-order valence-corrected chi connectivity index (χ1v) is 9.08. The molecule has 1 aliphatic carbocycles. The number of hydrogen-bond acceptors (Lipinski definition) is 2. The summed E-state index contributed by atoms with van der Waals surface area (Å²) in [7, 11) is 0. The Bertz CT molecular complexity index is 747. The van der Waals surface area contributed by atoms with Gasteiger partial charge in [0.05, 0.1) is 0 Å². The van der Waals surface area contributed by atoms with Crippen LogP contribution in [0.1, 0.15) is 47.2 Å². The third-order valence-corrected chi connectivity index (χ3v) is 5.19. The fourth-order valence-electron chi connectivity index (χ4n) is 3.83. The van der Waals surface area contributed by atoms with Gasteiger partial charge in [0, 0.05) is 30.0 Å². The molecule has 1 fully saturated rings. The van der Waals surface area contributed by atoms with Crippen molar-refractivity contribution < 1.29 is 4.79 Å². The minimum Gasteiger partial charge on any atom is -0.371 e. The van der Waals surface area contributed by atoms with Crippen molar-refractivity contribution in [3.63, 3.8) is 0 Å². The normalized spacial score (nSPS) is 16.8. The molecule has 1 heterocycles. The van der Waals surface area contributed by atoms with Crippen molar-refractivity contribution in [3.8, 4) is 0 Å². The van der Waals surface area contributed by atoms with E-state index in [2.05, 4.69) is 34.5 Å². The Morgan fingerprint density at radius 3 is 2.50 bits per heavy atom. The summed E-state index contributed by atoms with van der Waals surface area (Å²) >= 11 is 0. The van der Waals surface area contributed by atoms with Crippen molar-refractivity contribution in [3.05, 3.63) is 59.2 Å². The molecule has 0 aromatic heterocycles. The topological polar surface area (TPSA) is 32.3 Å². The van der Waals surface area contributed by atoms with Crippen molar-refractivity contribution in [2.75, 3.05) is 23.3 Å². The number of nitrogens with one attached hydrogen (secondary N) is 1. The molecule has 0 atom stereocenters. The first-order chi connectivity index (χ1) is 11.8. The summed E-state index contributed by atoms with van der Waals surface area (Å²) in [6.07, 6.45) is 7.26. The first kappa shape index (κ1) is 15.3. The molecule has 2 aliphatic rings. The number of carbonyl (C=O) groups is 1. The van der Waals surface area contributed by atoms with Gasteiger partial charge in [0.1, 0.15) is 0 Å². The molecule has 2 aromatic carbocycles. The maximum atomic E-state index is 12.6. The molecule has 1 saturated heterocycles.